The molecule has 16 heavy (non-hydrogen) atoms. The van der Waals surface area contributed by atoms with E-state index >= 15 is 0 Å². The Morgan fingerprint density at radius 2 is 1.88 bits per heavy atom. The summed E-state index contributed by atoms with van der Waals surface area (Å²) in [5.74, 6) is 0. The van der Waals surface area contributed by atoms with Gasteiger partial charge in [-0.05, 0) is 25.0 Å². The maximum absolute atomic E-state index is 3.38. The van der Waals surface area contributed by atoms with Crippen LogP contribution in [0.1, 0.15) is 16.7 Å². The van der Waals surface area contributed by atoms with Crippen molar-refractivity contribution in [2.45, 2.75) is 20.4 Å². The van der Waals surface area contributed by atoms with E-state index in [0.717, 1.165) is 19.6 Å². The van der Waals surface area contributed by atoms with Crippen LogP contribution in [-0.2, 0) is 6.54 Å². The summed E-state index contributed by atoms with van der Waals surface area (Å²) in [6.45, 7) is 10.1. The Hall–Kier alpha value is -0.570. The first kappa shape index (κ1) is 13.5. The first-order valence-corrected chi connectivity index (χ1v) is 5.75. The standard InChI is InChI=1S/C13H20N2.ClH/c1-11-3-4-12(2)13(9-11)10-15-7-5-14-6-8-15;/h3-4,9,14H,5-8,10H2,1-2H3;1H. The minimum Gasteiger partial charge on any atom is -0.314 e. The van der Waals surface area contributed by atoms with Crippen molar-refractivity contribution in [2.24, 2.45) is 0 Å². The Labute approximate surface area is 104 Å². The molecule has 1 aromatic rings. The molecule has 0 spiro atoms. The van der Waals surface area contributed by atoms with E-state index in [-0.39, 0.29) is 12.4 Å². The van der Waals surface area contributed by atoms with Crippen LogP contribution < -0.4 is 5.32 Å². The zero-order valence-corrected chi connectivity index (χ0v) is 10.9. The van der Waals surface area contributed by atoms with Gasteiger partial charge in [0.05, 0.1) is 0 Å². The number of rotatable bonds is 2. The molecule has 1 N–H and O–H groups in total. The van der Waals surface area contributed by atoms with Crippen molar-refractivity contribution in [3.05, 3.63) is 34.9 Å². The average molecular weight is 241 g/mol. The second kappa shape index (κ2) is 6.24. The summed E-state index contributed by atoms with van der Waals surface area (Å²) in [6, 6.07) is 6.74. The highest BCUT2D eigenvalue weighted by Gasteiger charge is 2.10. The molecular weight excluding hydrogens is 220 g/mol. The molecule has 0 saturated carbocycles. The van der Waals surface area contributed by atoms with Gasteiger partial charge in [0.1, 0.15) is 0 Å². The molecule has 0 unspecified atom stereocenters. The van der Waals surface area contributed by atoms with E-state index in [9.17, 15) is 0 Å². The van der Waals surface area contributed by atoms with Crippen LogP contribution in [0.4, 0.5) is 0 Å². The van der Waals surface area contributed by atoms with Crippen molar-refractivity contribution >= 4 is 12.4 Å². The van der Waals surface area contributed by atoms with E-state index in [2.05, 4.69) is 42.3 Å². The van der Waals surface area contributed by atoms with Crippen molar-refractivity contribution in [3.8, 4) is 0 Å². The topological polar surface area (TPSA) is 15.3 Å². The molecule has 2 nitrogen and oxygen atoms in total. The fraction of sp³-hybridized carbons (Fsp3) is 0.538. The predicted molar refractivity (Wildman–Crippen MR) is 71.3 cm³/mol. The van der Waals surface area contributed by atoms with E-state index in [1.807, 2.05) is 0 Å². The van der Waals surface area contributed by atoms with Crippen molar-refractivity contribution in [2.75, 3.05) is 26.2 Å². The molecule has 1 fully saturated rings. The number of halogens is 1. The number of hydrogen-bond donors (Lipinski definition) is 1. The molecule has 0 amide bonds. The van der Waals surface area contributed by atoms with Gasteiger partial charge in [0, 0.05) is 32.7 Å². The summed E-state index contributed by atoms with van der Waals surface area (Å²) >= 11 is 0. The van der Waals surface area contributed by atoms with Gasteiger partial charge in [0.15, 0.2) is 0 Å². The summed E-state index contributed by atoms with van der Waals surface area (Å²) in [5.41, 5.74) is 4.27. The highest BCUT2D eigenvalue weighted by atomic mass is 35.5. The predicted octanol–water partition coefficient (Wildman–Crippen LogP) is 2.13. The van der Waals surface area contributed by atoms with Crippen molar-refractivity contribution < 1.29 is 0 Å². The summed E-state index contributed by atoms with van der Waals surface area (Å²) in [5, 5.41) is 3.38. The molecule has 0 radical (unpaired) electrons. The molecule has 1 heterocycles. The molecule has 0 aliphatic carbocycles. The van der Waals surface area contributed by atoms with Crippen LogP contribution in [0.2, 0.25) is 0 Å². The lowest BCUT2D eigenvalue weighted by atomic mass is 10.1. The fourth-order valence-electron chi connectivity index (χ4n) is 2.08. The first-order chi connectivity index (χ1) is 7.25. The van der Waals surface area contributed by atoms with E-state index in [1.165, 1.54) is 29.8 Å². The number of aryl methyl sites for hydroxylation is 2. The lowest BCUT2D eigenvalue weighted by molar-refractivity contribution is 0.233. The lowest BCUT2D eigenvalue weighted by Gasteiger charge is -2.27. The van der Waals surface area contributed by atoms with Gasteiger partial charge >= 0.3 is 0 Å². The van der Waals surface area contributed by atoms with Crippen molar-refractivity contribution in [3.63, 3.8) is 0 Å². The molecule has 1 aliphatic rings. The van der Waals surface area contributed by atoms with Crippen LogP contribution in [0.25, 0.3) is 0 Å². The van der Waals surface area contributed by atoms with Gasteiger partial charge in [-0.15, -0.1) is 12.4 Å². The van der Waals surface area contributed by atoms with Crippen molar-refractivity contribution in [1.29, 1.82) is 0 Å². The smallest absolute Gasteiger partial charge is 0.0237 e. The number of benzene rings is 1. The van der Waals surface area contributed by atoms with E-state index in [4.69, 9.17) is 0 Å². The highest BCUT2D eigenvalue weighted by Crippen LogP contribution is 2.13. The van der Waals surface area contributed by atoms with E-state index in [1.54, 1.807) is 0 Å². The minimum absolute atomic E-state index is 0. The molecule has 3 heteroatoms. The van der Waals surface area contributed by atoms with Gasteiger partial charge in [-0.3, -0.25) is 4.90 Å². The molecule has 1 aliphatic heterocycles. The van der Waals surface area contributed by atoms with Gasteiger partial charge in [-0.25, -0.2) is 0 Å². The maximum atomic E-state index is 3.38. The first-order valence-electron chi connectivity index (χ1n) is 5.75. The third-order valence-electron chi connectivity index (χ3n) is 3.11. The third kappa shape index (κ3) is 3.48. The Balaban J connectivity index is 0.00000128. The SMILES string of the molecule is Cc1ccc(C)c(CN2CCNCC2)c1.Cl. The number of hydrogen-bond acceptors (Lipinski definition) is 2. The largest absolute Gasteiger partial charge is 0.314 e. The van der Waals surface area contributed by atoms with Crippen LogP contribution >= 0.6 is 12.4 Å². The Morgan fingerprint density at radius 1 is 1.19 bits per heavy atom. The van der Waals surface area contributed by atoms with Crippen molar-refractivity contribution in [1.82, 2.24) is 10.2 Å². The van der Waals surface area contributed by atoms with Crippen LogP contribution in [0.15, 0.2) is 18.2 Å². The second-order valence-electron chi connectivity index (χ2n) is 4.46. The summed E-state index contributed by atoms with van der Waals surface area (Å²) in [4.78, 5) is 2.53. The van der Waals surface area contributed by atoms with Crippen LogP contribution in [-0.4, -0.2) is 31.1 Å². The molecule has 1 saturated heterocycles. The zero-order chi connectivity index (χ0) is 10.7. The van der Waals surface area contributed by atoms with Gasteiger partial charge in [-0.2, -0.15) is 0 Å². The quantitative estimate of drug-likeness (QED) is 0.852. The zero-order valence-electron chi connectivity index (χ0n) is 10.1. The number of nitrogens with zero attached hydrogens (tertiary/aromatic N) is 1. The van der Waals surface area contributed by atoms with Gasteiger partial charge in [-0.1, -0.05) is 23.8 Å². The lowest BCUT2D eigenvalue weighted by Crippen LogP contribution is -2.43. The fourth-order valence-corrected chi connectivity index (χ4v) is 2.08. The summed E-state index contributed by atoms with van der Waals surface area (Å²) < 4.78 is 0. The van der Waals surface area contributed by atoms with Crippen LogP contribution in [0.5, 0.6) is 0 Å². The Morgan fingerprint density at radius 3 is 2.56 bits per heavy atom. The third-order valence-corrected chi connectivity index (χ3v) is 3.11. The summed E-state index contributed by atoms with van der Waals surface area (Å²) in [6.07, 6.45) is 0. The number of piperazine rings is 1. The van der Waals surface area contributed by atoms with E-state index in [0.29, 0.717) is 0 Å². The molecule has 2 rings (SSSR count). The molecule has 0 atom stereocenters. The molecule has 1 aromatic carbocycles. The highest BCUT2D eigenvalue weighted by molar-refractivity contribution is 5.85. The van der Waals surface area contributed by atoms with Gasteiger partial charge < -0.3 is 5.32 Å². The Kier molecular flexibility index (Phi) is 5.26. The van der Waals surface area contributed by atoms with Crippen LogP contribution in [0.3, 0.4) is 0 Å². The molecular formula is C13H21ClN2. The molecule has 0 bridgehead atoms. The molecule has 90 valence electrons. The number of nitrogens with one attached hydrogen (secondary N) is 1. The van der Waals surface area contributed by atoms with E-state index < -0.39 is 0 Å². The average Bonchev–Trinajstić information content (AvgIpc) is 2.25. The Bertz CT molecular complexity index is 333. The van der Waals surface area contributed by atoms with Gasteiger partial charge in [0.25, 0.3) is 0 Å². The van der Waals surface area contributed by atoms with Crippen LogP contribution in [0, 0.1) is 13.8 Å². The minimum atomic E-state index is 0. The summed E-state index contributed by atoms with van der Waals surface area (Å²) in [7, 11) is 0. The second-order valence-corrected chi connectivity index (χ2v) is 4.46. The van der Waals surface area contributed by atoms with Gasteiger partial charge in [0.2, 0.25) is 0 Å². The normalized spacial score (nSPS) is 16.9. The molecule has 0 aromatic heterocycles. The maximum Gasteiger partial charge on any atom is 0.0237 e. The monoisotopic (exact) mass is 240 g/mol.